The van der Waals surface area contributed by atoms with Crippen molar-refractivity contribution in [2.75, 3.05) is 25.0 Å². The lowest BCUT2D eigenvalue weighted by atomic mass is 10.3. The van der Waals surface area contributed by atoms with Crippen molar-refractivity contribution in [3.8, 4) is 0 Å². The summed E-state index contributed by atoms with van der Waals surface area (Å²) in [5, 5.41) is 3.66. The average Bonchev–Trinajstić information content (AvgIpc) is 2.99. The third-order valence-electron chi connectivity index (χ3n) is 2.10. The largest absolute Gasteiger partial charge is 0.375 e. The van der Waals surface area contributed by atoms with Gasteiger partial charge in [0.1, 0.15) is 0 Å². The molecule has 1 amide bonds. The molecule has 0 aliphatic carbocycles. The minimum Gasteiger partial charge on any atom is -0.375 e. The number of amides is 1. The predicted molar refractivity (Wildman–Crippen MR) is 56.5 cm³/mol. The van der Waals surface area contributed by atoms with Gasteiger partial charge in [-0.25, -0.2) is 0 Å². The van der Waals surface area contributed by atoms with Crippen LogP contribution in [0.25, 0.3) is 0 Å². The van der Waals surface area contributed by atoms with Crippen molar-refractivity contribution in [2.24, 2.45) is 0 Å². The topological polar surface area (TPSA) is 32.1 Å². The first kappa shape index (κ1) is 9.34. The van der Waals surface area contributed by atoms with Gasteiger partial charge in [-0.1, -0.05) is 23.7 Å². The Bertz CT molecular complexity index is 350. The second-order valence-corrected chi connectivity index (χ2v) is 3.62. The maximum absolute atomic E-state index is 11.3. The summed E-state index contributed by atoms with van der Waals surface area (Å²) in [5.74, 6) is 0.130. The summed E-state index contributed by atoms with van der Waals surface area (Å²) in [6.07, 6.45) is 0. The molecule has 0 unspecified atom stereocenters. The van der Waals surface area contributed by atoms with Gasteiger partial charge in [-0.05, 0) is 12.1 Å². The molecule has 1 aliphatic heterocycles. The first-order chi connectivity index (χ1) is 6.77. The zero-order valence-corrected chi connectivity index (χ0v) is 8.42. The van der Waals surface area contributed by atoms with E-state index in [2.05, 4.69) is 5.32 Å². The van der Waals surface area contributed by atoms with Crippen LogP contribution in [-0.4, -0.2) is 30.4 Å². The van der Waals surface area contributed by atoms with E-state index in [0.717, 1.165) is 18.8 Å². The highest BCUT2D eigenvalue weighted by molar-refractivity contribution is 6.33. The molecule has 4 heteroatoms. The van der Waals surface area contributed by atoms with Crippen molar-refractivity contribution in [1.29, 1.82) is 0 Å². The van der Waals surface area contributed by atoms with Crippen LogP contribution in [0.15, 0.2) is 24.3 Å². The third-order valence-corrected chi connectivity index (χ3v) is 2.43. The van der Waals surface area contributed by atoms with Gasteiger partial charge < -0.3 is 10.2 Å². The molecule has 1 saturated heterocycles. The molecule has 14 heavy (non-hydrogen) atoms. The van der Waals surface area contributed by atoms with Gasteiger partial charge in [0.2, 0.25) is 5.91 Å². The molecule has 0 atom stereocenters. The highest BCUT2D eigenvalue weighted by atomic mass is 35.5. The number of nitrogens with one attached hydrogen (secondary N) is 1. The number of carbonyl (C=O) groups is 1. The van der Waals surface area contributed by atoms with Crippen LogP contribution in [0.2, 0.25) is 5.02 Å². The third kappa shape index (κ3) is 2.17. The summed E-state index contributed by atoms with van der Waals surface area (Å²) < 4.78 is 0. The minimum atomic E-state index is 0.130. The summed E-state index contributed by atoms with van der Waals surface area (Å²) in [6, 6.07) is 7.40. The Kier molecular flexibility index (Phi) is 2.59. The highest BCUT2D eigenvalue weighted by Crippen LogP contribution is 2.20. The van der Waals surface area contributed by atoms with E-state index in [1.54, 1.807) is 11.0 Å². The highest BCUT2D eigenvalue weighted by Gasteiger charge is 2.23. The van der Waals surface area contributed by atoms with Gasteiger partial charge in [0.15, 0.2) is 0 Å². The van der Waals surface area contributed by atoms with Crippen LogP contribution in [0.4, 0.5) is 5.69 Å². The van der Waals surface area contributed by atoms with Crippen LogP contribution >= 0.6 is 11.6 Å². The first-order valence-electron chi connectivity index (χ1n) is 4.53. The molecular formula is C10H11ClN2O. The molecule has 74 valence electrons. The molecule has 0 saturated carbocycles. The van der Waals surface area contributed by atoms with Crippen molar-refractivity contribution in [3.63, 3.8) is 0 Å². The van der Waals surface area contributed by atoms with Crippen LogP contribution in [-0.2, 0) is 4.79 Å². The zero-order valence-electron chi connectivity index (χ0n) is 7.66. The number of halogens is 1. The van der Waals surface area contributed by atoms with Gasteiger partial charge in [-0.15, -0.1) is 0 Å². The zero-order chi connectivity index (χ0) is 9.97. The minimum absolute atomic E-state index is 0.130. The fraction of sp³-hybridized carbons (Fsp3) is 0.300. The lowest BCUT2D eigenvalue weighted by molar-refractivity contribution is -0.123. The Balaban J connectivity index is 1.91. The number of benzene rings is 1. The number of hydrogen-bond acceptors (Lipinski definition) is 2. The number of rotatable bonds is 3. The molecule has 1 fully saturated rings. The van der Waals surface area contributed by atoms with E-state index in [-0.39, 0.29) is 5.91 Å². The van der Waals surface area contributed by atoms with Crippen LogP contribution in [0.1, 0.15) is 0 Å². The fourth-order valence-corrected chi connectivity index (χ4v) is 1.39. The molecule has 0 bridgehead atoms. The molecule has 0 aromatic heterocycles. The van der Waals surface area contributed by atoms with Crippen LogP contribution in [0, 0.1) is 0 Å². The molecular weight excluding hydrogens is 200 g/mol. The quantitative estimate of drug-likeness (QED) is 0.769. The lowest BCUT2D eigenvalue weighted by Gasteiger charge is -2.07. The molecule has 1 heterocycles. The van der Waals surface area contributed by atoms with Crippen LogP contribution < -0.4 is 5.32 Å². The van der Waals surface area contributed by atoms with Gasteiger partial charge >= 0.3 is 0 Å². The Labute approximate surface area is 87.7 Å². The maximum atomic E-state index is 11.3. The van der Waals surface area contributed by atoms with Gasteiger partial charge in [0, 0.05) is 13.1 Å². The van der Waals surface area contributed by atoms with E-state index in [0.29, 0.717) is 11.6 Å². The number of para-hydroxylation sites is 1. The summed E-state index contributed by atoms with van der Waals surface area (Å²) in [7, 11) is 0. The molecule has 1 aliphatic rings. The Hall–Kier alpha value is -1.22. The van der Waals surface area contributed by atoms with E-state index in [4.69, 9.17) is 11.6 Å². The molecule has 0 spiro atoms. The molecule has 2 rings (SSSR count). The van der Waals surface area contributed by atoms with Crippen molar-refractivity contribution in [2.45, 2.75) is 0 Å². The summed E-state index contributed by atoms with van der Waals surface area (Å²) in [5.41, 5.74) is 0.810. The van der Waals surface area contributed by atoms with Crippen molar-refractivity contribution >= 4 is 23.2 Å². The first-order valence-corrected chi connectivity index (χ1v) is 4.91. The number of carbonyl (C=O) groups excluding carboxylic acids is 1. The van der Waals surface area contributed by atoms with Crippen molar-refractivity contribution in [1.82, 2.24) is 4.90 Å². The second kappa shape index (κ2) is 3.88. The van der Waals surface area contributed by atoms with Gasteiger partial charge in [0.25, 0.3) is 0 Å². The fourth-order valence-electron chi connectivity index (χ4n) is 1.19. The van der Waals surface area contributed by atoms with Gasteiger partial charge in [0.05, 0.1) is 17.3 Å². The lowest BCUT2D eigenvalue weighted by Crippen LogP contribution is -2.21. The molecule has 1 aromatic carbocycles. The number of anilines is 1. The SMILES string of the molecule is O=C(CNc1ccccc1Cl)N1CC1. The van der Waals surface area contributed by atoms with Gasteiger partial charge in [-0.3, -0.25) is 4.79 Å². The normalized spacial score (nSPS) is 13.9. The standard InChI is InChI=1S/C10H11ClN2O/c11-8-3-1-2-4-9(8)12-7-10(14)13-5-6-13/h1-4,12H,5-7H2. The van der Waals surface area contributed by atoms with Crippen LogP contribution in [0.5, 0.6) is 0 Å². The summed E-state index contributed by atoms with van der Waals surface area (Å²) in [4.78, 5) is 13.1. The monoisotopic (exact) mass is 210 g/mol. The molecule has 0 radical (unpaired) electrons. The Morgan fingerprint density at radius 2 is 2.14 bits per heavy atom. The van der Waals surface area contributed by atoms with E-state index < -0.39 is 0 Å². The Morgan fingerprint density at radius 1 is 1.43 bits per heavy atom. The average molecular weight is 211 g/mol. The maximum Gasteiger partial charge on any atom is 0.241 e. The van der Waals surface area contributed by atoms with E-state index in [9.17, 15) is 4.79 Å². The van der Waals surface area contributed by atoms with Crippen molar-refractivity contribution < 1.29 is 4.79 Å². The number of nitrogens with zero attached hydrogens (tertiary/aromatic N) is 1. The van der Waals surface area contributed by atoms with E-state index in [1.807, 2.05) is 18.2 Å². The van der Waals surface area contributed by atoms with E-state index >= 15 is 0 Å². The smallest absolute Gasteiger partial charge is 0.241 e. The number of hydrogen-bond donors (Lipinski definition) is 1. The molecule has 3 nitrogen and oxygen atoms in total. The van der Waals surface area contributed by atoms with Crippen molar-refractivity contribution in [3.05, 3.63) is 29.3 Å². The summed E-state index contributed by atoms with van der Waals surface area (Å²) >= 11 is 5.92. The Morgan fingerprint density at radius 3 is 2.79 bits per heavy atom. The van der Waals surface area contributed by atoms with E-state index in [1.165, 1.54) is 0 Å². The molecule has 1 N–H and O–H groups in total. The predicted octanol–water partition coefficient (Wildman–Crippen LogP) is 1.59. The van der Waals surface area contributed by atoms with Crippen LogP contribution in [0.3, 0.4) is 0 Å². The molecule has 1 aromatic rings. The summed E-state index contributed by atoms with van der Waals surface area (Å²) in [6.45, 7) is 2.11. The second-order valence-electron chi connectivity index (χ2n) is 3.21. The van der Waals surface area contributed by atoms with Gasteiger partial charge in [-0.2, -0.15) is 0 Å².